The predicted molar refractivity (Wildman–Crippen MR) is 64.3 cm³/mol. The molecule has 1 aliphatic carbocycles. The molecule has 0 spiro atoms. The lowest BCUT2D eigenvalue weighted by Crippen LogP contribution is -2.48. The standard InChI is InChI=1S/C12H17N3O3/c1-15(8-12(17)5-3-6-12)10(16)9-4-7-13-11(14-9)18-2/h4,7,17H,3,5-6,8H2,1-2H3. The summed E-state index contributed by atoms with van der Waals surface area (Å²) in [6.45, 7) is 0.331. The lowest BCUT2D eigenvalue weighted by molar-refractivity contribution is -0.0499. The Morgan fingerprint density at radius 2 is 2.33 bits per heavy atom. The van der Waals surface area contributed by atoms with Crippen molar-refractivity contribution in [2.75, 3.05) is 20.7 Å². The number of amides is 1. The Morgan fingerprint density at radius 3 is 2.89 bits per heavy atom. The first-order valence-corrected chi connectivity index (χ1v) is 5.89. The van der Waals surface area contributed by atoms with Crippen molar-refractivity contribution in [3.05, 3.63) is 18.0 Å². The Labute approximate surface area is 106 Å². The van der Waals surface area contributed by atoms with Crippen LogP contribution in [0, 0.1) is 0 Å². The molecule has 1 aromatic rings. The summed E-state index contributed by atoms with van der Waals surface area (Å²) in [7, 11) is 3.11. The van der Waals surface area contributed by atoms with E-state index in [-0.39, 0.29) is 17.6 Å². The average molecular weight is 251 g/mol. The zero-order valence-electron chi connectivity index (χ0n) is 10.6. The lowest BCUT2D eigenvalue weighted by atomic mass is 9.80. The smallest absolute Gasteiger partial charge is 0.316 e. The van der Waals surface area contributed by atoms with E-state index in [4.69, 9.17) is 4.74 Å². The topological polar surface area (TPSA) is 75.5 Å². The van der Waals surface area contributed by atoms with Gasteiger partial charge in [0.1, 0.15) is 5.69 Å². The Hall–Kier alpha value is -1.69. The van der Waals surface area contributed by atoms with Crippen molar-refractivity contribution < 1.29 is 14.6 Å². The Kier molecular flexibility index (Phi) is 3.47. The summed E-state index contributed by atoms with van der Waals surface area (Å²) < 4.78 is 4.88. The third kappa shape index (κ3) is 2.59. The maximum Gasteiger partial charge on any atom is 0.316 e. The van der Waals surface area contributed by atoms with E-state index < -0.39 is 5.60 Å². The molecule has 0 aromatic carbocycles. The number of aromatic nitrogens is 2. The molecular formula is C12H17N3O3. The van der Waals surface area contributed by atoms with Gasteiger partial charge >= 0.3 is 6.01 Å². The van der Waals surface area contributed by atoms with Crippen molar-refractivity contribution in [2.45, 2.75) is 24.9 Å². The molecule has 1 aromatic heterocycles. The monoisotopic (exact) mass is 251 g/mol. The van der Waals surface area contributed by atoms with Gasteiger partial charge in [-0.15, -0.1) is 0 Å². The largest absolute Gasteiger partial charge is 0.467 e. The minimum Gasteiger partial charge on any atom is -0.467 e. The third-order valence-corrected chi connectivity index (χ3v) is 3.20. The number of carbonyl (C=O) groups is 1. The molecule has 6 nitrogen and oxygen atoms in total. The zero-order valence-corrected chi connectivity index (χ0v) is 10.6. The molecule has 1 saturated carbocycles. The van der Waals surface area contributed by atoms with Crippen LogP contribution in [0.15, 0.2) is 12.3 Å². The van der Waals surface area contributed by atoms with Crippen molar-refractivity contribution in [1.29, 1.82) is 0 Å². The highest BCUT2D eigenvalue weighted by atomic mass is 16.5. The number of rotatable bonds is 4. The van der Waals surface area contributed by atoms with Crippen LogP contribution in [-0.2, 0) is 0 Å². The van der Waals surface area contributed by atoms with Crippen LogP contribution in [-0.4, -0.2) is 52.2 Å². The number of ether oxygens (including phenoxy) is 1. The van der Waals surface area contributed by atoms with Gasteiger partial charge in [0.15, 0.2) is 0 Å². The van der Waals surface area contributed by atoms with E-state index in [1.807, 2.05) is 0 Å². The quantitative estimate of drug-likeness (QED) is 0.842. The number of carbonyl (C=O) groups excluding carboxylic acids is 1. The van der Waals surface area contributed by atoms with Crippen molar-refractivity contribution in [2.24, 2.45) is 0 Å². The van der Waals surface area contributed by atoms with E-state index in [2.05, 4.69) is 9.97 Å². The summed E-state index contributed by atoms with van der Waals surface area (Å²) in [4.78, 5) is 21.4. The maximum absolute atomic E-state index is 12.1. The zero-order chi connectivity index (χ0) is 13.2. The highest BCUT2D eigenvalue weighted by Crippen LogP contribution is 2.32. The second-order valence-electron chi connectivity index (χ2n) is 4.67. The van der Waals surface area contributed by atoms with Crippen LogP contribution in [0.3, 0.4) is 0 Å². The third-order valence-electron chi connectivity index (χ3n) is 3.20. The summed E-state index contributed by atoms with van der Waals surface area (Å²) in [5, 5.41) is 10.0. The van der Waals surface area contributed by atoms with Gasteiger partial charge < -0.3 is 14.7 Å². The Bertz CT molecular complexity index is 446. The van der Waals surface area contributed by atoms with Crippen LogP contribution in [0.5, 0.6) is 6.01 Å². The van der Waals surface area contributed by atoms with Gasteiger partial charge in [-0.05, 0) is 25.3 Å². The van der Waals surface area contributed by atoms with Crippen LogP contribution in [0.2, 0.25) is 0 Å². The van der Waals surface area contributed by atoms with Crippen molar-refractivity contribution >= 4 is 5.91 Å². The molecule has 98 valence electrons. The van der Waals surface area contributed by atoms with Gasteiger partial charge in [-0.3, -0.25) is 4.79 Å². The minimum atomic E-state index is -0.721. The van der Waals surface area contributed by atoms with Gasteiger partial charge in [-0.25, -0.2) is 4.98 Å². The normalized spacial score (nSPS) is 16.8. The SMILES string of the molecule is COc1nccc(C(=O)N(C)CC2(O)CCC2)n1. The van der Waals surface area contributed by atoms with Gasteiger partial charge in [0.05, 0.1) is 12.7 Å². The number of aliphatic hydroxyl groups is 1. The first kappa shape index (κ1) is 12.8. The van der Waals surface area contributed by atoms with Crippen molar-refractivity contribution in [1.82, 2.24) is 14.9 Å². The molecule has 0 saturated heterocycles. The highest BCUT2D eigenvalue weighted by Gasteiger charge is 2.36. The number of hydrogen-bond donors (Lipinski definition) is 1. The molecule has 0 atom stereocenters. The molecular weight excluding hydrogens is 234 g/mol. The molecule has 1 fully saturated rings. The molecule has 0 radical (unpaired) electrons. The van der Waals surface area contributed by atoms with Crippen LogP contribution >= 0.6 is 0 Å². The molecule has 1 amide bonds. The number of nitrogens with zero attached hydrogens (tertiary/aromatic N) is 3. The van der Waals surface area contributed by atoms with Gasteiger partial charge in [0.25, 0.3) is 5.91 Å². The summed E-state index contributed by atoms with van der Waals surface area (Å²) in [5.74, 6) is -0.240. The van der Waals surface area contributed by atoms with E-state index in [1.165, 1.54) is 24.3 Å². The van der Waals surface area contributed by atoms with Crippen molar-refractivity contribution in [3.8, 4) is 6.01 Å². The maximum atomic E-state index is 12.1. The molecule has 2 rings (SSSR count). The molecule has 1 aliphatic rings. The molecule has 18 heavy (non-hydrogen) atoms. The molecule has 0 aliphatic heterocycles. The number of likely N-dealkylation sites (N-methyl/N-ethyl adjacent to an activating group) is 1. The highest BCUT2D eigenvalue weighted by molar-refractivity contribution is 5.92. The van der Waals surface area contributed by atoms with Crippen molar-refractivity contribution in [3.63, 3.8) is 0 Å². The predicted octanol–water partition coefficient (Wildman–Crippen LogP) is 0.472. The second-order valence-corrected chi connectivity index (χ2v) is 4.67. The molecule has 0 bridgehead atoms. The summed E-state index contributed by atoms with van der Waals surface area (Å²) in [6.07, 6.45) is 3.99. The van der Waals surface area contributed by atoms with Gasteiger partial charge in [-0.1, -0.05) is 0 Å². The second kappa shape index (κ2) is 4.89. The molecule has 1 heterocycles. The molecule has 6 heteroatoms. The summed E-state index contributed by atoms with van der Waals surface area (Å²) in [5.41, 5.74) is -0.450. The van der Waals surface area contributed by atoms with E-state index in [0.29, 0.717) is 6.54 Å². The first-order chi connectivity index (χ1) is 8.54. The van der Waals surface area contributed by atoms with Crippen LogP contribution in [0.25, 0.3) is 0 Å². The van der Waals surface area contributed by atoms with E-state index >= 15 is 0 Å². The van der Waals surface area contributed by atoms with Gasteiger partial charge in [-0.2, -0.15) is 4.98 Å². The van der Waals surface area contributed by atoms with E-state index in [1.54, 1.807) is 7.05 Å². The average Bonchev–Trinajstić information content (AvgIpc) is 2.36. The lowest BCUT2D eigenvalue weighted by Gasteiger charge is -2.39. The fraction of sp³-hybridized carbons (Fsp3) is 0.583. The van der Waals surface area contributed by atoms with E-state index in [0.717, 1.165) is 19.3 Å². The minimum absolute atomic E-state index is 0.164. The van der Waals surface area contributed by atoms with Crippen LogP contribution in [0.4, 0.5) is 0 Å². The Balaban J connectivity index is 2.05. The molecule has 1 N–H and O–H groups in total. The first-order valence-electron chi connectivity index (χ1n) is 5.89. The molecule has 0 unspecified atom stereocenters. The van der Waals surface area contributed by atoms with Crippen LogP contribution in [0.1, 0.15) is 29.8 Å². The fourth-order valence-electron chi connectivity index (χ4n) is 2.01. The van der Waals surface area contributed by atoms with Gasteiger partial charge in [0, 0.05) is 19.8 Å². The van der Waals surface area contributed by atoms with Crippen LogP contribution < -0.4 is 4.74 Å². The van der Waals surface area contributed by atoms with Gasteiger partial charge in [0.2, 0.25) is 0 Å². The number of hydrogen-bond acceptors (Lipinski definition) is 5. The fourth-order valence-corrected chi connectivity index (χ4v) is 2.01. The summed E-state index contributed by atoms with van der Waals surface area (Å²) in [6, 6.07) is 1.70. The Morgan fingerprint density at radius 1 is 1.61 bits per heavy atom. The number of methoxy groups -OCH3 is 1. The van der Waals surface area contributed by atoms with E-state index in [9.17, 15) is 9.90 Å². The summed E-state index contributed by atoms with van der Waals surface area (Å²) >= 11 is 0.